The Balaban J connectivity index is 0.00000144. The van der Waals surface area contributed by atoms with Crippen LogP contribution in [-0.2, 0) is 0 Å². The molecule has 76 valence electrons. The minimum atomic E-state index is 0. The van der Waals surface area contributed by atoms with Gasteiger partial charge in [-0.15, -0.1) is 24.0 Å². The maximum Gasteiger partial charge on any atom is 0.113 e. The van der Waals surface area contributed by atoms with E-state index in [2.05, 4.69) is 23.5 Å². The molecule has 0 bridgehead atoms. The van der Waals surface area contributed by atoms with Gasteiger partial charge < -0.3 is 4.90 Å². The van der Waals surface area contributed by atoms with Gasteiger partial charge in [0.05, 0.1) is 0 Å². The summed E-state index contributed by atoms with van der Waals surface area (Å²) in [5, 5.41) is 5.97. The molecule has 0 N–H and O–H groups in total. The van der Waals surface area contributed by atoms with E-state index in [0.29, 0.717) is 0 Å². The topological polar surface area (TPSA) is 18.8 Å². The van der Waals surface area contributed by atoms with Crippen LogP contribution in [-0.4, -0.2) is 29.5 Å². The molecule has 0 unspecified atom stereocenters. The van der Waals surface area contributed by atoms with Gasteiger partial charge >= 0.3 is 0 Å². The van der Waals surface area contributed by atoms with Crippen LogP contribution < -0.4 is 0 Å². The van der Waals surface area contributed by atoms with Gasteiger partial charge in [0.1, 0.15) is 13.0 Å². The van der Waals surface area contributed by atoms with Crippen LogP contribution in [0.1, 0.15) is 26.2 Å². The molecule has 0 radical (unpaired) electrons. The molecular weight excluding hydrogens is 277 g/mol. The van der Waals surface area contributed by atoms with Crippen LogP contribution in [0.5, 0.6) is 0 Å². The first-order chi connectivity index (χ1) is 5.86. The lowest BCUT2D eigenvalue weighted by Crippen LogP contribution is -2.24. The average Bonchev–Trinajstić information content (AvgIpc) is 2.53. The molecule has 0 aromatic rings. The molecule has 4 heteroatoms. The fourth-order valence-corrected chi connectivity index (χ4v) is 1.20. The Morgan fingerprint density at radius 3 is 2.85 bits per heavy atom. The smallest absolute Gasteiger partial charge is 0.113 e. The van der Waals surface area contributed by atoms with Crippen molar-refractivity contribution in [2.24, 2.45) is 5.10 Å². The first-order valence-electron chi connectivity index (χ1n) is 4.54. The van der Waals surface area contributed by atoms with Crippen molar-refractivity contribution in [2.75, 3.05) is 13.2 Å². The molecule has 13 heavy (non-hydrogen) atoms. The molecule has 0 fully saturated rings. The summed E-state index contributed by atoms with van der Waals surface area (Å²) in [5.74, 6) is 0. The van der Waals surface area contributed by atoms with Crippen molar-refractivity contribution < 1.29 is 0 Å². The molecule has 0 aliphatic carbocycles. The summed E-state index contributed by atoms with van der Waals surface area (Å²) in [7, 11) is 0. The highest BCUT2D eigenvalue weighted by atomic mass is 127. The highest BCUT2D eigenvalue weighted by Crippen LogP contribution is 2.04. The molecule has 0 saturated heterocycles. The van der Waals surface area contributed by atoms with Gasteiger partial charge in [-0.1, -0.05) is 26.3 Å². The second-order valence-electron chi connectivity index (χ2n) is 3.01. The van der Waals surface area contributed by atoms with Crippen LogP contribution in [0, 0.1) is 0 Å². The zero-order valence-corrected chi connectivity index (χ0v) is 10.5. The molecule has 1 rings (SSSR count). The fourth-order valence-electron chi connectivity index (χ4n) is 1.20. The van der Waals surface area contributed by atoms with Gasteiger partial charge in [0.15, 0.2) is 0 Å². The summed E-state index contributed by atoms with van der Waals surface area (Å²) in [6, 6.07) is 0. The lowest BCUT2D eigenvalue weighted by Gasteiger charge is -2.15. The van der Waals surface area contributed by atoms with E-state index in [0.717, 1.165) is 13.2 Å². The van der Waals surface area contributed by atoms with Crippen LogP contribution in [0.3, 0.4) is 0 Å². The Bertz CT molecular complexity index is 170. The molecule has 0 saturated carbocycles. The number of hydrazone groups is 1. The highest BCUT2D eigenvalue weighted by molar-refractivity contribution is 14.0. The van der Waals surface area contributed by atoms with Gasteiger partial charge in [0.2, 0.25) is 0 Å². The van der Waals surface area contributed by atoms with Crippen molar-refractivity contribution in [3.63, 3.8) is 0 Å². The van der Waals surface area contributed by atoms with E-state index in [1.54, 1.807) is 6.20 Å². The molecule has 1 heterocycles. The molecule has 1 aliphatic heterocycles. The molecule has 1 aliphatic rings. The van der Waals surface area contributed by atoms with Gasteiger partial charge in [0, 0.05) is 12.7 Å². The number of hydrogen-bond donors (Lipinski definition) is 0. The monoisotopic (exact) mass is 295 g/mol. The molecule has 0 aromatic carbocycles. The third-order valence-corrected chi connectivity index (χ3v) is 1.95. The SMILES string of the molecule is C=CN1CN(CCCCC)C=N1.I. The van der Waals surface area contributed by atoms with E-state index in [4.69, 9.17) is 0 Å². The summed E-state index contributed by atoms with van der Waals surface area (Å²) >= 11 is 0. The van der Waals surface area contributed by atoms with E-state index < -0.39 is 0 Å². The number of nitrogens with zero attached hydrogens (tertiary/aromatic N) is 3. The van der Waals surface area contributed by atoms with E-state index in [1.165, 1.54) is 19.3 Å². The minimum Gasteiger partial charge on any atom is -0.342 e. The highest BCUT2D eigenvalue weighted by Gasteiger charge is 2.09. The number of hydrogen-bond acceptors (Lipinski definition) is 3. The number of unbranched alkanes of at least 4 members (excludes halogenated alkanes) is 2. The van der Waals surface area contributed by atoms with Crippen molar-refractivity contribution in [1.29, 1.82) is 0 Å². The standard InChI is InChI=1S/C9H17N3.HI/c1-3-5-6-7-11-8-10-12(4-2)9-11;/h4,8H,2-3,5-7,9H2,1H3;1H. The van der Waals surface area contributed by atoms with Gasteiger partial charge in [-0.3, -0.25) is 5.01 Å². The second kappa shape index (κ2) is 7.17. The quantitative estimate of drug-likeness (QED) is 0.573. The van der Waals surface area contributed by atoms with Crippen molar-refractivity contribution >= 4 is 30.3 Å². The van der Waals surface area contributed by atoms with Crippen molar-refractivity contribution in [2.45, 2.75) is 26.2 Å². The van der Waals surface area contributed by atoms with E-state index in [-0.39, 0.29) is 24.0 Å². The normalized spacial score (nSPS) is 14.5. The Kier molecular flexibility index (Phi) is 7.03. The largest absolute Gasteiger partial charge is 0.342 e. The van der Waals surface area contributed by atoms with Crippen molar-refractivity contribution in [1.82, 2.24) is 9.91 Å². The minimum absolute atomic E-state index is 0. The Morgan fingerprint density at radius 2 is 2.31 bits per heavy atom. The average molecular weight is 295 g/mol. The van der Waals surface area contributed by atoms with Gasteiger partial charge in [0.25, 0.3) is 0 Å². The Hall–Kier alpha value is -0.260. The maximum atomic E-state index is 4.13. The van der Waals surface area contributed by atoms with Crippen LogP contribution in [0.2, 0.25) is 0 Å². The third kappa shape index (κ3) is 4.50. The number of halogens is 1. The predicted molar refractivity (Wildman–Crippen MR) is 67.0 cm³/mol. The summed E-state index contributed by atoms with van der Waals surface area (Å²) < 4.78 is 0. The zero-order valence-electron chi connectivity index (χ0n) is 8.15. The first kappa shape index (κ1) is 12.7. The molecule has 0 atom stereocenters. The zero-order chi connectivity index (χ0) is 8.81. The lowest BCUT2D eigenvalue weighted by molar-refractivity contribution is 0.301. The van der Waals surface area contributed by atoms with E-state index >= 15 is 0 Å². The molecule has 3 nitrogen and oxygen atoms in total. The summed E-state index contributed by atoms with van der Waals surface area (Å²) in [6.45, 7) is 7.86. The van der Waals surface area contributed by atoms with Crippen molar-refractivity contribution in [3.05, 3.63) is 12.8 Å². The molecule has 0 amide bonds. The van der Waals surface area contributed by atoms with Crippen LogP contribution >= 0.6 is 24.0 Å². The molecule has 0 aromatic heterocycles. The van der Waals surface area contributed by atoms with Gasteiger partial charge in [-0.05, 0) is 6.42 Å². The molecule has 0 spiro atoms. The lowest BCUT2D eigenvalue weighted by atomic mass is 10.2. The third-order valence-electron chi connectivity index (χ3n) is 1.95. The summed E-state index contributed by atoms with van der Waals surface area (Å²) in [6.07, 6.45) is 7.47. The van der Waals surface area contributed by atoms with Crippen LogP contribution in [0.15, 0.2) is 17.9 Å². The summed E-state index contributed by atoms with van der Waals surface area (Å²) in [5.41, 5.74) is 0. The van der Waals surface area contributed by atoms with Gasteiger partial charge in [-0.2, -0.15) is 5.10 Å². The number of rotatable bonds is 5. The fraction of sp³-hybridized carbons (Fsp3) is 0.667. The Labute approximate surface area is 97.5 Å². The molecular formula is C9H18IN3. The van der Waals surface area contributed by atoms with Crippen LogP contribution in [0.25, 0.3) is 0 Å². The first-order valence-corrected chi connectivity index (χ1v) is 4.54. The van der Waals surface area contributed by atoms with Crippen LogP contribution in [0.4, 0.5) is 0 Å². The maximum absolute atomic E-state index is 4.13. The predicted octanol–water partition coefficient (Wildman–Crippen LogP) is 2.46. The van der Waals surface area contributed by atoms with Gasteiger partial charge in [-0.25, -0.2) is 0 Å². The summed E-state index contributed by atoms with van der Waals surface area (Å²) in [4.78, 5) is 2.21. The van der Waals surface area contributed by atoms with E-state index in [1.807, 2.05) is 11.3 Å². The Morgan fingerprint density at radius 1 is 1.54 bits per heavy atom. The second-order valence-corrected chi connectivity index (χ2v) is 3.01. The van der Waals surface area contributed by atoms with E-state index in [9.17, 15) is 0 Å². The van der Waals surface area contributed by atoms with Crippen molar-refractivity contribution in [3.8, 4) is 0 Å².